The van der Waals surface area contributed by atoms with E-state index in [9.17, 15) is 9.59 Å². The molecule has 0 amide bonds. The zero-order valence-corrected chi connectivity index (χ0v) is 47.2. The number of hydrogen-bond acceptors (Lipinski definition) is 17. The number of rotatable bonds is 14. The molecule has 80 heavy (non-hydrogen) atoms. The highest BCUT2D eigenvalue weighted by Crippen LogP contribution is 2.29. The molecule has 0 spiro atoms. The molecule has 20 heteroatoms. The van der Waals surface area contributed by atoms with Crippen LogP contribution in [0.4, 0.5) is 23.3 Å². The largest absolute Gasteiger partial charge is 0.476 e. The summed E-state index contributed by atoms with van der Waals surface area (Å²) in [6.07, 6.45) is 16.8. The van der Waals surface area contributed by atoms with Crippen LogP contribution in [-0.4, -0.2) is 117 Å². The number of carboxylic acids is 1. The summed E-state index contributed by atoms with van der Waals surface area (Å²) in [4.78, 5) is 46.0. The van der Waals surface area contributed by atoms with Gasteiger partial charge in [0.25, 0.3) is 0 Å². The van der Waals surface area contributed by atoms with Crippen molar-refractivity contribution in [3.8, 4) is 22.5 Å². The van der Waals surface area contributed by atoms with Gasteiger partial charge in [-0.1, -0.05) is 83.5 Å². The van der Waals surface area contributed by atoms with Crippen molar-refractivity contribution in [2.24, 2.45) is 5.73 Å². The minimum atomic E-state index is -1.06. The van der Waals surface area contributed by atoms with Gasteiger partial charge >= 0.3 is 5.97 Å². The van der Waals surface area contributed by atoms with E-state index in [1.54, 1.807) is 18.5 Å². The molecule has 8 heterocycles. The number of ketones is 1. The number of aromatic carboxylic acids is 1. The number of nitrogens with one attached hydrogen (secondary N) is 2. The van der Waals surface area contributed by atoms with Crippen molar-refractivity contribution in [3.05, 3.63) is 143 Å². The molecule has 2 saturated heterocycles. The zero-order valence-electron chi connectivity index (χ0n) is 47.2. The standard InChI is InChI=1S/C30H37N7O2.C21H27N7.C8H11NO3.CH4/c1-20-16-22(7-6-21(20)8-9-27(38)26-17-28(39-35-26)30(2,3)4)25-10-13-31-29(34-25)33-23-18-32-37(19-23)24-11-14-36(5)15-12-24;1-15-11-16(3-4-17(15)12-22)20-5-8-23-21(26-20)25-18-13-24-28(14-18)19-6-9-27(2)10-7-19;1-8(2,3)6-4-5(7(10)11)9-12-6;/h6-7,10,13,16-19,24H,8-9,11-12,14-15H2,1-5H3,(H,31,33,34);3-5,8,11,13-14,19H,6-7,9-10,12,22H2,1-2H3,(H,23,25,26);4H,1-3H3,(H,10,11);1H4. The predicted octanol–water partition coefficient (Wildman–Crippen LogP) is 11.2. The third kappa shape index (κ3) is 15.9. The fraction of sp³-hybridized carbons (Fsp3) is 0.433. The summed E-state index contributed by atoms with van der Waals surface area (Å²) in [5.74, 6) is 1.33. The van der Waals surface area contributed by atoms with E-state index >= 15 is 0 Å². The van der Waals surface area contributed by atoms with E-state index in [1.807, 2.05) is 84.5 Å². The number of nitrogens with two attached hydrogens (primary N) is 1. The van der Waals surface area contributed by atoms with Crippen molar-refractivity contribution in [1.29, 1.82) is 0 Å². The topological polar surface area (TPSA) is 250 Å². The van der Waals surface area contributed by atoms with Gasteiger partial charge in [0.15, 0.2) is 11.5 Å². The molecule has 10 rings (SSSR count). The molecule has 0 saturated carbocycles. The minimum absolute atomic E-state index is 0. The fourth-order valence-corrected chi connectivity index (χ4v) is 9.23. The first-order chi connectivity index (χ1) is 37.7. The highest BCUT2D eigenvalue weighted by atomic mass is 16.5. The monoisotopic (exact) mass is 1090 g/mol. The molecule has 5 N–H and O–H groups in total. The van der Waals surface area contributed by atoms with E-state index in [0.717, 1.165) is 108 Å². The molecule has 0 bridgehead atoms. The molecule has 0 radical (unpaired) electrons. The summed E-state index contributed by atoms with van der Waals surface area (Å²) in [5.41, 5.74) is 15.9. The number of aryl methyl sites for hydroxylation is 3. The number of carbonyl (C=O) groups is 2. The van der Waals surface area contributed by atoms with Gasteiger partial charge in [-0.2, -0.15) is 10.2 Å². The number of Topliss-reactive ketones (excluding diaryl/α,β-unsaturated/α-hetero) is 1. The van der Waals surface area contributed by atoms with Crippen molar-refractivity contribution in [3.63, 3.8) is 0 Å². The molecule has 0 unspecified atom stereocenters. The second-order valence-electron chi connectivity index (χ2n) is 22.6. The van der Waals surface area contributed by atoms with E-state index in [2.05, 4.69) is 124 Å². The molecule has 0 aliphatic carbocycles. The number of benzene rings is 2. The first-order valence-corrected chi connectivity index (χ1v) is 27.0. The van der Waals surface area contributed by atoms with Gasteiger partial charge in [0.05, 0.1) is 47.2 Å². The van der Waals surface area contributed by atoms with Gasteiger partial charge < -0.3 is 40.3 Å². The Bertz CT molecular complexity index is 3310. The van der Waals surface area contributed by atoms with Crippen LogP contribution in [0.5, 0.6) is 0 Å². The summed E-state index contributed by atoms with van der Waals surface area (Å²) in [5, 5.41) is 31.6. The SMILES string of the molecule is C.CC(C)(C)c1cc(C(=O)O)no1.Cc1cc(-c2ccnc(Nc3cnn(C4CCN(C)CC4)c3)n2)ccc1CCC(=O)c1cc(C(C)(C)C)on1.Cc1cc(-c2ccnc(Nc3cnn(C4CCN(C)CC4)c3)n2)ccc1CN. The Morgan fingerprint density at radius 3 is 1.49 bits per heavy atom. The summed E-state index contributed by atoms with van der Waals surface area (Å²) in [7, 11) is 4.33. The third-order valence-electron chi connectivity index (χ3n) is 14.3. The fourth-order valence-electron chi connectivity index (χ4n) is 9.23. The molecule has 424 valence electrons. The van der Waals surface area contributed by atoms with Crippen LogP contribution in [0, 0.1) is 13.8 Å². The summed E-state index contributed by atoms with van der Waals surface area (Å²) < 4.78 is 14.4. The Morgan fingerprint density at radius 1 is 0.650 bits per heavy atom. The number of aromatic nitrogens is 10. The Labute approximate surface area is 469 Å². The maximum absolute atomic E-state index is 12.7. The number of anilines is 4. The number of carbonyl (C=O) groups excluding carboxylic acids is 1. The van der Waals surface area contributed by atoms with Crippen LogP contribution in [0.15, 0.2) is 107 Å². The van der Waals surface area contributed by atoms with E-state index in [1.165, 1.54) is 11.6 Å². The highest BCUT2D eigenvalue weighted by Gasteiger charge is 2.24. The maximum atomic E-state index is 12.7. The van der Waals surface area contributed by atoms with Crippen LogP contribution >= 0.6 is 0 Å². The van der Waals surface area contributed by atoms with Crippen LogP contribution in [0.2, 0.25) is 0 Å². The van der Waals surface area contributed by atoms with Gasteiger partial charge in [-0.15, -0.1) is 0 Å². The average Bonchev–Trinajstić information content (AvgIpc) is 4.29. The van der Waals surface area contributed by atoms with Gasteiger partial charge in [0.1, 0.15) is 17.2 Å². The van der Waals surface area contributed by atoms with E-state index < -0.39 is 5.97 Å². The van der Waals surface area contributed by atoms with E-state index in [4.69, 9.17) is 24.9 Å². The van der Waals surface area contributed by atoms with Crippen LogP contribution in [-0.2, 0) is 23.8 Å². The summed E-state index contributed by atoms with van der Waals surface area (Å²) in [6, 6.07) is 20.4. The summed E-state index contributed by atoms with van der Waals surface area (Å²) >= 11 is 0. The van der Waals surface area contributed by atoms with Crippen LogP contribution in [0.1, 0.15) is 148 Å². The normalized spacial score (nSPS) is 14.5. The lowest BCUT2D eigenvalue weighted by Gasteiger charge is -2.28. The highest BCUT2D eigenvalue weighted by molar-refractivity contribution is 5.94. The predicted molar refractivity (Wildman–Crippen MR) is 312 cm³/mol. The molecule has 2 aliphatic rings. The maximum Gasteiger partial charge on any atom is 0.358 e. The lowest BCUT2D eigenvalue weighted by Crippen LogP contribution is -2.31. The molecule has 2 aromatic carbocycles. The first kappa shape index (κ1) is 59.7. The van der Waals surface area contributed by atoms with Crippen molar-refractivity contribution in [1.82, 2.24) is 59.6 Å². The van der Waals surface area contributed by atoms with Gasteiger partial charge in [-0.3, -0.25) is 14.2 Å². The Balaban J connectivity index is 0.000000196. The molecule has 8 aromatic rings. The molecule has 2 aliphatic heterocycles. The smallest absolute Gasteiger partial charge is 0.358 e. The molecule has 0 atom stereocenters. The lowest BCUT2D eigenvalue weighted by molar-refractivity contribution is 0.0685. The first-order valence-electron chi connectivity index (χ1n) is 27.0. The van der Waals surface area contributed by atoms with Crippen LogP contribution in [0.25, 0.3) is 22.5 Å². The van der Waals surface area contributed by atoms with Crippen LogP contribution < -0.4 is 16.4 Å². The number of nitrogens with zero attached hydrogens (tertiary/aromatic N) is 12. The Morgan fingerprint density at radius 2 is 1.09 bits per heavy atom. The Hall–Kier alpha value is -7.94. The van der Waals surface area contributed by atoms with Crippen molar-refractivity contribution in [2.45, 2.75) is 131 Å². The number of likely N-dealkylation sites (tertiary alicyclic amines) is 2. The summed E-state index contributed by atoms with van der Waals surface area (Å²) in [6.45, 7) is 21.0. The molecular formula is C60H79N15O5. The minimum Gasteiger partial charge on any atom is -0.476 e. The average molecular weight is 1090 g/mol. The lowest BCUT2D eigenvalue weighted by atomic mass is 9.92. The van der Waals surface area contributed by atoms with Gasteiger partial charge in [0, 0.05) is 71.8 Å². The number of carboxylic acid groups (broad SMARTS) is 1. The number of piperidine rings is 2. The second kappa shape index (κ2) is 26.3. The molecule has 6 aromatic heterocycles. The van der Waals surface area contributed by atoms with Gasteiger partial charge in [-0.25, -0.2) is 24.7 Å². The van der Waals surface area contributed by atoms with E-state index in [0.29, 0.717) is 54.8 Å². The van der Waals surface area contributed by atoms with Gasteiger partial charge in [0.2, 0.25) is 11.9 Å². The van der Waals surface area contributed by atoms with Gasteiger partial charge in [-0.05, 0) is 133 Å². The quantitative estimate of drug-likeness (QED) is 0.0739. The number of hydrogen-bond donors (Lipinski definition) is 4. The molecule has 2 fully saturated rings. The van der Waals surface area contributed by atoms with Crippen molar-refractivity contribution < 1.29 is 23.7 Å². The zero-order chi connectivity index (χ0) is 56.4. The van der Waals surface area contributed by atoms with E-state index in [-0.39, 0.29) is 29.7 Å². The molecular weight excluding hydrogens is 1010 g/mol. The Kier molecular flexibility index (Phi) is 19.7. The van der Waals surface area contributed by atoms with Crippen molar-refractivity contribution >= 4 is 35.0 Å². The third-order valence-corrected chi connectivity index (χ3v) is 14.3. The second-order valence-corrected chi connectivity index (χ2v) is 22.6. The van der Waals surface area contributed by atoms with Crippen molar-refractivity contribution in [2.75, 3.05) is 50.9 Å². The van der Waals surface area contributed by atoms with Crippen LogP contribution in [0.3, 0.4) is 0 Å². The molecule has 20 nitrogen and oxygen atoms in total.